The van der Waals surface area contributed by atoms with Crippen LogP contribution in [0, 0.1) is 0 Å². The second-order valence-corrected chi connectivity index (χ2v) is 4.13. The lowest BCUT2D eigenvalue weighted by molar-refractivity contribution is -0.123. The van der Waals surface area contributed by atoms with Crippen LogP contribution in [0.4, 0.5) is 0 Å². The monoisotopic (exact) mass is 291 g/mol. The van der Waals surface area contributed by atoms with Gasteiger partial charge in [0.2, 0.25) is 5.91 Å². The number of hydrogen-bond donors (Lipinski definition) is 2. The number of nitrogens with zero attached hydrogens (tertiary/aromatic N) is 1. The van der Waals surface area contributed by atoms with E-state index >= 15 is 0 Å². The van der Waals surface area contributed by atoms with Crippen molar-refractivity contribution in [3.63, 3.8) is 0 Å². The minimum Gasteiger partial charge on any atom is -0.347 e. The van der Waals surface area contributed by atoms with E-state index < -0.39 is 0 Å². The summed E-state index contributed by atoms with van der Waals surface area (Å²) in [4.78, 5) is 16.1. The van der Waals surface area contributed by atoms with Gasteiger partial charge in [-0.3, -0.25) is 9.78 Å². The van der Waals surface area contributed by atoms with Crippen LogP contribution in [0.1, 0.15) is 31.5 Å². The van der Waals surface area contributed by atoms with Crippen molar-refractivity contribution in [3.05, 3.63) is 30.1 Å². The normalized spacial score (nSPS) is 19.3. The molecular formula is C12H19Cl2N3O. The maximum atomic E-state index is 11.8. The van der Waals surface area contributed by atoms with Gasteiger partial charge in [0.15, 0.2) is 0 Å². The van der Waals surface area contributed by atoms with E-state index in [9.17, 15) is 4.79 Å². The highest BCUT2D eigenvalue weighted by molar-refractivity contribution is 5.85. The minimum atomic E-state index is -0.0314. The zero-order valence-corrected chi connectivity index (χ0v) is 11.9. The molecule has 2 heterocycles. The molecular weight excluding hydrogens is 273 g/mol. The lowest BCUT2D eigenvalue weighted by Gasteiger charge is -2.16. The standard InChI is InChI=1S/C12H17N3O.2ClH/c1-9(10-5-2-3-7-13-10)15-12(16)11-6-4-8-14-11;;/h2-3,5,7,9,11,14H,4,6,8H2,1H3,(H,15,16);2*1H/t9?,11-;;/m0../s1. The molecule has 18 heavy (non-hydrogen) atoms. The van der Waals surface area contributed by atoms with Crippen LogP contribution >= 0.6 is 24.8 Å². The molecule has 2 atom stereocenters. The van der Waals surface area contributed by atoms with Crippen LogP contribution in [0.25, 0.3) is 0 Å². The lowest BCUT2D eigenvalue weighted by Crippen LogP contribution is -2.41. The molecule has 1 aliphatic heterocycles. The van der Waals surface area contributed by atoms with Gasteiger partial charge in [-0.05, 0) is 38.4 Å². The van der Waals surface area contributed by atoms with Crippen LogP contribution in [0.5, 0.6) is 0 Å². The first-order valence-electron chi connectivity index (χ1n) is 5.72. The second kappa shape index (κ2) is 8.29. The van der Waals surface area contributed by atoms with Crippen LogP contribution in [-0.4, -0.2) is 23.5 Å². The van der Waals surface area contributed by atoms with Gasteiger partial charge < -0.3 is 10.6 Å². The molecule has 1 saturated heterocycles. The second-order valence-electron chi connectivity index (χ2n) is 4.13. The van der Waals surface area contributed by atoms with E-state index in [0.29, 0.717) is 0 Å². The quantitative estimate of drug-likeness (QED) is 0.894. The lowest BCUT2D eigenvalue weighted by atomic mass is 10.1. The Kier molecular flexibility index (Phi) is 7.91. The number of aromatic nitrogens is 1. The van der Waals surface area contributed by atoms with Crippen LogP contribution in [0.2, 0.25) is 0 Å². The van der Waals surface area contributed by atoms with Crippen molar-refractivity contribution < 1.29 is 4.79 Å². The molecule has 4 nitrogen and oxygen atoms in total. The van der Waals surface area contributed by atoms with Gasteiger partial charge in [0.1, 0.15) is 0 Å². The van der Waals surface area contributed by atoms with E-state index in [2.05, 4.69) is 15.6 Å². The fourth-order valence-electron chi connectivity index (χ4n) is 1.93. The SMILES string of the molecule is CC(NC(=O)[C@@H]1CCCN1)c1ccccn1.Cl.Cl. The van der Waals surface area contributed by atoms with Gasteiger partial charge >= 0.3 is 0 Å². The highest BCUT2D eigenvalue weighted by Crippen LogP contribution is 2.10. The Morgan fingerprint density at radius 3 is 2.83 bits per heavy atom. The summed E-state index contributed by atoms with van der Waals surface area (Å²) in [6.07, 6.45) is 3.75. The summed E-state index contributed by atoms with van der Waals surface area (Å²) in [5, 5.41) is 6.15. The Balaban J connectivity index is 0.00000144. The number of pyridine rings is 1. The Morgan fingerprint density at radius 2 is 2.28 bits per heavy atom. The number of nitrogens with one attached hydrogen (secondary N) is 2. The number of carbonyl (C=O) groups excluding carboxylic acids is 1. The number of halogens is 2. The first kappa shape index (κ1) is 17.2. The number of rotatable bonds is 3. The van der Waals surface area contributed by atoms with Gasteiger partial charge in [-0.25, -0.2) is 0 Å². The highest BCUT2D eigenvalue weighted by Gasteiger charge is 2.23. The van der Waals surface area contributed by atoms with E-state index in [1.165, 1.54) is 0 Å². The van der Waals surface area contributed by atoms with E-state index in [1.54, 1.807) is 6.20 Å². The maximum Gasteiger partial charge on any atom is 0.237 e. The molecule has 6 heteroatoms. The van der Waals surface area contributed by atoms with Gasteiger partial charge in [0, 0.05) is 6.20 Å². The molecule has 0 bridgehead atoms. The largest absolute Gasteiger partial charge is 0.347 e. The summed E-state index contributed by atoms with van der Waals surface area (Å²) in [6.45, 7) is 2.89. The van der Waals surface area contributed by atoms with Crippen LogP contribution in [-0.2, 0) is 4.79 Å². The molecule has 2 rings (SSSR count). The van der Waals surface area contributed by atoms with Crippen molar-refractivity contribution in [2.75, 3.05) is 6.54 Å². The molecule has 0 aliphatic carbocycles. The first-order valence-corrected chi connectivity index (χ1v) is 5.72. The number of hydrogen-bond acceptors (Lipinski definition) is 3. The summed E-state index contributed by atoms with van der Waals surface area (Å²) in [6, 6.07) is 5.67. The molecule has 0 aromatic carbocycles. The number of carbonyl (C=O) groups is 1. The van der Waals surface area contributed by atoms with E-state index in [0.717, 1.165) is 25.1 Å². The summed E-state index contributed by atoms with van der Waals surface area (Å²) in [7, 11) is 0. The van der Waals surface area contributed by atoms with Gasteiger partial charge in [0.25, 0.3) is 0 Å². The first-order chi connectivity index (χ1) is 7.77. The van der Waals surface area contributed by atoms with Crippen molar-refractivity contribution in [1.29, 1.82) is 0 Å². The van der Waals surface area contributed by atoms with E-state index in [4.69, 9.17) is 0 Å². The molecule has 1 aliphatic rings. The zero-order valence-electron chi connectivity index (χ0n) is 10.3. The van der Waals surface area contributed by atoms with Gasteiger partial charge in [0.05, 0.1) is 17.8 Å². The van der Waals surface area contributed by atoms with Crippen LogP contribution in [0.3, 0.4) is 0 Å². The third kappa shape index (κ3) is 4.44. The third-order valence-corrected chi connectivity index (χ3v) is 2.87. The molecule has 0 saturated carbocycles. The van der Waals surface area contributed by atoms with Gasteiger partial charge in [-0.2, -0.15) is 0 Å². The minimum absolute atomic E-state index is 0. The summed E-state index contributed by atoms with van der Waals surface area (Å²) in [5.74, 6) is 0.0793. The topological polar surface area (TPSA) is 54.0 Å². The Hall–Kier alpha value is -0.840. The smallest absolute Gasteiger partial charge is 0.237 e. The van der Waals surface area contributed by atoms with Crippen molar-refractivity contribution in [2.45, 2.75) is 31.8 Å². The maximum absolute atomic E-state index is 11.8. The molecule has 1 amide bonds. The Labute approximate surface area is 120 Å². The van der Waals surface area contributed by atoms with Gasteiger partial charge in [-0.15, -0.1) is 24.8 Å². The summed E-state index contributed by atoms with van der Waals surface area (Å²) >= 11 is 0. The van der Waals surface area contributed by atoms with E-state index in [1.807, 2.05) is 25.1 Å². The fourth-order valence-corrected chi connectivity index (χ4v) is 1.93. The molecule has 0 radical (unpaired) electrons. The molecule has 0 spiro atoms. The molecule has 2 N–H and O–H groups in total. The Morgan fingerprint density at radius 1 is 1.50 bits per heavy atom. The molecule has 102 valence electrons. The summed E-state index contributed by atoms with van der Waals surface area (Å²) < 4.78 is 0. The predicted octanol–water partition coefficient (Wildman–Crippen LogP) is 1.85. The average Bonchev–Trinajstić information content (AvgIpc) is 2.83. The highest BCUT2D eigenvalue weighted by atomic mass is 35.5. The predicted molar refractivity (Wildman–Crippen MR) is 76.3 cm³/mol. The van der Waals surface area contributed by atoms with Crippen molar-refractivity contribution in [3.8, 4) is 0 Å². The van der Waals surface area contributed by atoms with Crippen molar-refractivity contribution >= 4 is 30.7 Å². The van der Waals surface area contributed by atoms with Crippen LogP contribution < -0.4 is 10.6 Å². The number of amides is 1. The average molecular weight is 292 g/mol. The zero-order chi connectivity index (χ0) is 11.4. The molecule has 1 aromatic heterocycles. The molecule has 1 aromatic rings. The van der Waals surface area contributed by atoms with Crippen molar-refractivity contribution in [1.82, 2.24) is 15.6 Å². The van der Waals surface area contributed by atoms with Gasteiger partial charge in [-0.1, -0.05) is 6.07 Å². The van der Waals surface area contributed by atoms with Crippen LogP contribution in [0.15, 0.2) is 24.4 Å². The third-order valence-electron chi connectivity index (χ3n) is 2.87. The fraction of sp³-hybridized carbons (Fsp3) is 0.500. The molecule has 1 fully saturated rings. The summed E-state index contributed by atoms with van der Waals surface area (Å²) in [5.41, 5.74) is 0.897. The van der Waals surface area contributed by atoms with E-state index in [-0.39, 0.29) is 42.8 Å². The van der Waals surface area contributed by atoms with Crippen molar-refractivity contribution in [2.24, 2.45) is 0 Å². The molecule has 1 unspecified atom stereocenters. The Bertz CT molecular complexity index is 356.